The number of rotatable bonds is 5. The normalized spacial score (nSPS) is 15.2. The van der Waals surface area contributed by atoms with Crippen molar-refractivity contribution >= 4 is 21.9 Å². The molecule has 0 aliphatic carbocycles. The number of aryl methyl sites for hydroxylation is 1. The maximum Gasteiger partial charge on any atom is 0.359 e. The molecule has 1 saturated heterocycles. The number of hydrogen-bond donors (Lipinski definition) is 0. The molecule has 9 nitrogen and oxygen atoms in total. The molecule has 1 aromatic heterocycles. The van der Waals surface area contributed by atoms with Crippen LogP contribution in [0.25, 0.3) is 0 Å². The van der Waals surface area contributed by atoms with Gasteiger partial charge in [-0.3, -0.25) is 9.78 Å². The van der Waals surface area contributed by atoms with Gasteiger partial charge < -0.3 is 9.64 Å². The summed E-state index contributed by atoms with van der Waals surface area (Å²) < 4.78 is 31.7. The summed E-state index contributed by atoms with van der Waals surface area (Å²) >= 11 is 0. The molecule has 1 fully saturated rings. The number of ether oxygens (including phenoxy) is 1. The van der Waals surface area contributed by atoms with Crippen molar-refractivity contribution in [3.8, 4) is 0 Å². The monoisotopic (exact) mass is 404 g/mol. The first-order valence-corrected chi connectivity index (χ1v) is 10.1. The Morgan fingerprint density at radius 3 is 2.36 bits per heavy atom. The van der Waals surface area contributed by atoms with Gasteiger partial charge in [-0.2, -0.15) is 4.31 Å². The van der Waals surface area contributed by atoms with Crippen molar-refractivity contribution in [2.75, 3.05) is 32.8 Å². The van der Waals surface area contributed by atoms with Crippen LogP contribution in [0.15, 0.2) is 47.8 Å². The maximum atomic E-state index is 12.7. The number of amides is 1. The molecular weight excluding hydrogens is 384 g/mol. The second-order valence-corrected chi connectivity index (χ2v) is 8.20. The fourth-order valence-electron chi connectivity index (χ4n) is 2.73. The summed E-state index contributed by atoms with van der Waals surface area (Å²) in [6.45, 7) is 2.28. The third-order valence-corrected chi connectivity index (χ3v) is 6.26. The van der Waals surface area contributed by atoms with Crippen molar-refractivity contribution < 1.29 is 22.7 Å². The summed E-state index contributed by atoms with van der Waals surface area (Å²) in [5.41, 5.74) is 0.995. The Bertz CT molecular complexity index is 940. The minimum Gasteiger partial charge on any atom is -0.451 e. The number of carbonyl (C=O) groups is 2. The van der Waals surface area contributed by atoms with E-state index in [0.717, 1.165) is 5.56 Å². The van der Waals surface area contributed by atoms with E-state index in [2.05, 4.69) is 9.97 Å². The summed E-state index contributed by atoms with van der Waals surface area (Å²) in [5.74, 6) is -1.12. The molecule has 0 spiro atoms. The van der Waals surface area contributed by atoms with Gasteiger partial charge in [-0.15, -0.1) is 0 Å². The molecule has 10 heteroatoms. The Kier molecular flexibility index (Phi) is 6.00. The van der Waals surface area contributed by atoms with Gasteiger partial charge in [0.15, 0.2) is 12.3 Å². The zero-order valence-corrected chi connectivity index (χ0v) is 16.1. The second kappa shape index (κ2) is 8.44. The van der Waals surface area contributed by atoms with Crippen LogP contribution in [0.4, 0.5) is 0 Å². The smallest absolute Gasteiger partial charge is 0.359 e. The molecule has 2 heterocycles. The van der Waals surface area contributed by atoms with Crippen molar-refractivity contribution in [2.24, 2.45) is 0 Å². The van der Waals surface area contributed by atoms with Crippen LogP contribution >= 0.6 is 0 Å². The minimum atomic E-state index is -3.59. The summed E-state index contributed by atoms with van der Waals surface area (Å²) in [4.78, 5) is 33.3. The van der Waals surface area contributed by atoms with Gasteiger partial charge >= 0.3 is 5.97 Å². The maximum absolute atomic E-state index is 12.7. The molecule has 1 amide bonds. The van der Waals surface area contributed by atoms with E-state index in [1.54, 1.807) is 24.3 Å². The third-order valence-electron chi connectivity index (χ3n) is 4.35. The van der Waals surface area contributed by atoms with Gasteiger partial charge in [-0.05, 0) is 19.1 Å². The molecule has 0 bridgehead atoms. The average molecular weight is 404 g/mol. The van der Waals surface area contributed by atoms with Gasteiger partial charge in [0, 0.05) is 38.6 Å². The van der Waals surface area contributed by atoms with Crippen LogP contribution in [0, 0.1) is 6.92 Å². The fraction of sp³-hybridized carbons (Fsp3) is 0.333. The van der Waals surface area contributed by atoms with Crippen LogP contribution in [0.1, 0.15) is 16.1 Å². The summed E-state index contributed by atoms with van der Waals surface area (Å²) in [7, 11) is -3.59. The lowest BCUT2D eigenvalue weighted by atomic mass is 10.2. The standard InChI is InChI=1S/C18H20N4O5S/c1-14-2-4-15(5-3-14)28(25,26)22-10-8-21(9-11-22)17(23)13-27-18(24)16-12-19-6-7-20-16/h2-7,12H,8-11,13H2,1H3. The van der Waals surface area contributed by atoms with Crippen LogP contribution in [0.2, 0.25) is 0 Å². The highest BCUT2D eigenvalue weighted by Crippen LogP contribution is 2.18. The lowest BCUT2D eigenvalue weighted by Crippen LogP contribution is -2.51. The minimum absolute atomic E-state index is 0.0179. The summed E-state index contributed by atoms with van der Waals surface area (Å²) in [5, 5.41) is 0. The fourth-order valence-corrected chi connectivity index (χ4v) is 4.16. The number of benzene rings is 1. The van der Waals surface area contributed by atoms with Crippen LogP contribution in [0.5, 0.6) is 0 Å². The Hall–Kier alpha value is -2.85. The Morgan fingerprint density at radius 1 is 1.07 bits per heavy atom. The highest BCUT2D eigenvalue weighted by atomic mass is 32.2. The van der Waals surface area contributed by atoms with Gasteiger partial charge in [0.2, 0.25) is 10.0 Å². The predicted molar refractivity (Wildman–Crippen MR) is 98.8 cm³/mol. The molecule has 1 aromatic carbocycles. The van der Waals surface area contributed by atoms with Crippen molar-refractivity contribution in [3.05, 3.63) is 54.1 Å². The van der Waals surface area contributed by atoms with Gasteiger partial charge in [-0.1, -0.05) is 17.7 Å². The van der Waals surface area contributed by atoms with Crippen molar-refractivity contribution in [2.45, 2.75) is 11.8 Å². The lowest BCUT2D eigenvalue weighted by Gasteiger charge is -2.33. The number of sulfonamides is 1. The van der Waals surface area contributed by atoms with Crippen LogP contribution in [0.3, 0.4) is 0 Å². The number of nitrogens with zero attached hydrogens (tertiary/aromatic N) is 4. The molecule has 1 aliphatic heterocycles. The Morgan fingerprint density at radius 2 is 1.75 bits per heavy atom. The molecular formula is C18H20N4O5S. The van der Waals surface area contributed by atoms with E-state index in [1.807, 2.05) is 6.92 Å². The second-order valence-electron chi connectivity index (χ2n) is 6.26. The lowest BCUT2D eigenvalue weighted by molar-refractivity contribution is -0.135. The van der Waals surface area contributed by atoms with Gasteiger partial charge in [-0.25, -0.2) is 18.2 Å². The largest absolute Gasteiger partial charge is 0.451 e. The van der Waals surface area contributed by atoms with E-state index in [4.69, 9.17) is 4.74 Å². The zero-order chi connectivity index (χ0) is 20.1. The number of piperazine rings is 1. The molecule has 0 saturated carbocycles. The van der Waals surface area contributed by atoms with E-state index in [0.29, 0.717) is 0 Å². The quantitative estimate of drug-likeness (QED) is 0.667. The first-order valence-electron chi connectivity index (χ1n) is 8.65. The van der Waals surface area contributed by atoms with E-state index in [1.165, 1.54) is 27.8 Å². The van der Waals surface area contributed by atoms with E-state index < -0.39 is 22.6 Å². The molecule has 1 aliphatic rings. The molecule has 28 heavy (non-hydrogen) atoms. The van der Waals surface area contributed by atoms with Crippen LogP contribution < -0.4 is 0 Å². The Labute approximate surface area is 163 Å². The molecule has 148 valence electrons. The average Bonchev–Trinajstić information content (AvgIpc) is 2.73. The predicted octanol–water partition coefficient (Wildman–Crippen LogP) is 0.475. The summed E-state index contributed by atoms with van der Waals surface area (Å²) in [6.07, 6.45) is 4.03. The molecule has 3 rings (SSSR count). The van der Waals surface area contributed by atoms with E-state index in [-0.39, 0.29) is 42.7 Å². The van der Waals surface area contributed by atoms with E-state index in [9.17, 15) is 18.0 Å². The highest BCUT2D eigenvalue weighted by molar-refractivity contribution is 7.89. The van der Waals surface area contributed by atoms with Crippen LogP contribution in [-0.2, 0) is 19.6 Å². The molecule has 0 atom stereocenters. The SMILES string of the molecule is Cc1ccc(S(=O)(=O)N2CCN(C(=O)COC(=O)c3cnccn3)CC2)cc1. The Balaban J connectivity index is 1.52. The first-order chi connectivity index (χ1) is 13.4. The van der Waals surface area contributed by atoms with Gasteiger partial charge in [0.25, 0.3) is 5.91 Å². The summed E-state index contributed by atoms with van der Waals surface area (Å²) in [6, 6.07) is 6.65. The molecule has 2 aromatic rings. The number of esters is 1. The van der Waals surface area contributed by atoms with Crippen molar-refractivity contribution in [1.29, 1.82) is 0 Å². The first kappa shape index (κ1) is 19.9. The topological polar surface area (TPSA) is 110 Å². The molecule has 0 unspecified atom stereocenters. The number of hydrogen-bond acceptors (Lipinski definition) is 7. The zero-order valence-electron chi connectivity index (χ0n) is 15.3. The number of carbonyl (C=O) groups excluding carboxylic acids is 2. The molecule has 0 N–H and O–H groups in total. The number of aromatic nitrogens is 2. The van der Waals surface area contributed by atoms with E-state index >= 15 is 0 Å². The third kappa shape index (κ3) is 4.52. The van der Waals surface area contributed by atoms with Crippen LogP contribution in [-0.4, -0.2) is 72.3 Å². The van der Waals surface area contributed by atoms with Crippen molar-refractivity contribution in [1.82, 2.24) is 19.2 Å². The van der Waals surface area contributed by atoms with Gasteiger partial charge in [0.1, 0.15) is 0 Å². The van der Waals surface area contributed by atoms with Gasteiger partial charge in [0.05, 0.1) is 11.1 Å². The van der Waals surface area contributed by atoms with Crippen molar-refractivity contribution in [3.63, 3.8) is 0 Å². The molecule has 0 radical (unpaired) electrons. The highest BCUT2D eigenvalue weighted by Gasteiger charge is 2.30.